The normalized spacial score (nSPS) is 15.4. The molecule has 30 heavy (non-hydrogen) atoms. The van der Waals surface area contributed by atoms with Gasteiger partial charge in [0.15, 0.2) is 0 Å². The fourth-order valence-corrected chi connectivity index (χ4v) is 3.65. The van der Waals surface area contributed by atoms with Crippen molar-refractivity contribution in [1.82, 2.24) is 10.2 Å². The number of aliphatic hydroxyl groups is 1. The Bertz CT molecular complexity index is 513. The van der Waals surface area contributed by atoms with Gasteiger partial charge in [-0.1, -0.05) is 47.6 Å². The average molecular weight is 419 g/mol. The Morgan fingerprint density at radius 2 is 1.37 bits per heavy atom. The molecule has 0 aliphatic heterocycles. The average Bonchev–Trinajstić information content (AvgIpc) is 3.46. The number of nitrogens with one attached hydrogen (secondary N) is 1. The molecule has 0 aromatic rings. The molecule has 0 saturated heterocycles. The summed E-state index contributed by atoms with van der Waals surface area (Å²) in [7, 11) is 0. The van der Waals surface area contributed by atoms with Crippen LogP contribution in [0.2, 0.25) is 0 Å². The van der Waals surface area contributed by atoms with Gasteiger partial charge < -0.3 is 19.9 Å². The summed E-state index contributed by atoms with van der Waals surface area (Å²) < 4.78 is 11.7. The van der Waals surface area contributed by atoms with Crippen LogP contribution in [0.3, 0.4) is 0 Å². The lowest BCUT2D eigenvalue weighted by molar-refractivity contribution is 0.0734. The Morgan fingerprint density at radius 1 is 0.767 bits per heavy atom. The molecule has 0 heterocycles. The van der Waals surface area contributed by atoms with Crippen LogP contribution in [0.25, 0.3) is 0 Å². The monoisotopic (exact) mass is 418 g/mol. The minimum Gasteiger partial charge on any atom is -0.396 e. The zero-order valence-electron chi connectivity index (χ0n) is 18.7. The summed E-state index contributed by atoms with van der Waals surface area (Å²) in [6.07, 6.45) is 20.7. The number of ether oxygens (including phenoxy) is 2. The molecule has 0 bridgehead atoms. The van der Waals surface area contributed by atoms with Gasteiger partial charge in [0.05, 0.1) is 13.2 Å². The van der Waals surface area contributed by atoms with Crippen LogP contribution < -0.4 is 5.32 Å². The lowest BCUT2D eigenvalue weighted by Crippen LogP contribution is -2.37. The maximum atomic E-state index is 8.89. The quantitative estimate of drug-likeness (QED) is 0.296. The topological polar surface area (TPSA) is 54.0 Å². The van der Waals surface area contributed by atoms with E-state index in [0.29, 0.717) is 0 Å². The van der Waals surface area contributed by atoms with Crippen molar-refractivity contribution in [2.45, 2.75) is 44.9 Å². The highest BCUT2D eigenvalue weighted by atomic mass is 16.5. The predicted molar refractivity (Wildman–Crippen MR) is 125 cm³/mol. The molecule has 0 amide bonds. The minimum absolute atomic E-state index is 0.248. The first-order chi connectivity index (χ1) is 14.9. The van der Waals surface area contributed by atoms with Crippen molar-refractivity contribution in [2.24, 2.45) is 0 Å². The van der Waals surface area contributed by atoms with E-state index in [0.717, 1.165) is 104 Å². The summed E-state index contributed by atoms with van der Waals surface area (Å²) in [5, 5.41) is 12.3. The third kappa shape index (κ3) is 12.5. The summed E-state index contributed by atoms with van der Waals surface area (Å²) in [6.45, 7) is 8.12. The number of nitrogens with zero attached hydrogens (tertiary/aromatic N) is 1. The Balaban J connectivity index is 1.50. The molecular weight excluding hydrogens is 376 g/mol. The Labute approximate surface area is 183 Å². The van der Waals surface area contributed by atoms with Gasteiger partial charge in [0.25, 0.3) is 0 Å². The molecular formula is C25H42N2O3. The Hall–Kier alpha value is -1.24. The molecule has 0 radical (unpaired) electrons. The summed E-state index contributed by atoms with van der Waals surface area (Å²) >= 11 is 0. The first-order valence-corrected chi connectivity index (χ1v) is 11.8. The van der Waals surface area contributed by atoms with Crippen molar-refractivity contribution >= 4 is 0 Å². The van der Waals surface area contributed by atoms with E-state index < -0.39 is 0 Å². The molecule has 0 spiro atoms. The maximum absolute atomic E-state index is 8.89. The van der Waals surface area contributed by atoms with Crippen LogP contribution in [0.1, 0.15) is 44.9 Å². The molecule has 0 atom stereocenters. The van der Waals surface area contributed by atoms with E-state index in [2.05, 4.69) is 46.7 Å². The van der Waals surface area contributed by atoms with Crippen molar-refractivity contribution in [3.8, 4) is 0 Å². The number of rotatable bonds is 20. The zero-order chi connectivity index (χ0) is 21.1. The van der Waals surface area contributed by atoms with Crippen molar-refractivity contribution in [2.75, 3.05) is 65.8 Å². The molecule has 2 aliphatic rings. The van der Waals surface area contributed by atoms with E-state index in [1.165, 1.54) is 11.1 Å². The van der Waals surface area contributed by atoms with Crippen LogP contribution in [0.5, 0.6) is 0 Å². The first kappa shape index (κ1) is 25.0. The van der Waals surface area contributed by atoms with Gasteiger partial charge in [-0.15, -0.1) is 0 Å². The Kier molecular flexibility index (Phi) is 14.5. The molecule has 170 valence electrons. The van der Waals surface area contributed by atoms with Crippen LogP contribution in [-0.4, -0.2) is 75.8 Å². The van der Waals surface area contributed by atoms with Crippen LogP contribution in [0, 0.1) is 0 Å². The van der Waals surface area contributed by atoms with Crippen molar-refractivity contribution < 1.29 is 14.6 Å². The van der Waals surface area contributed by atoms with Gasteiger partial charge in [-0.2, -0.15) is 0 Å². The van der Waals surface area contributed by atoms with Crippen LogP contribution in [-0.2, 0) is 9.47 Å². The summed E-state index contributed by atoms with van der Waals surface area (Å²) in [5.74, 6) is 0. The van der Waals surface area contributed by atoms with E-state index >= 15 is 0 Å². The van der Waals surface area contributed by atoms with Gasteiger partial charge in [-0.3, -0.25) is 4.90 Å². The van der Waals surface area contributed by atoms with Gasteiger partial charge in [0, 0.05) is 46.0 Å². The first-order valence-electron chi connectivity index (χ1n) is 11.8. The third-order valence-electron chi connectivity index (χ3n) is 5.49. The molecule has 5 heteroatoms. The molecule has 0 fully saturated rings. The van der Waals surface area contributed by atoms with Crippen LogP contribution >= 0.6 is 0 Å². The third-order valence-corrected chi connectivity index (χ3v) is 5.49. The maximum Gasteiger partial charge on any atom is 0.0593 e. The second-order valence-electron chi connectivity index (χ2n) is 8.02. The second kappa shape index (κ2) is 17.4. The lowest BCUT2D eigenvalue weighted by Gasteiger charge is -2.22. The standard InChI is InChI=1S/C25H42N2O3/c28-19-7-14-26-15-16-27(17-22-29-20-5-12-24-8-1-2-9-24)18-23-30-21-6-13-25-10-3-4-11-25/h1-4,8,10,26,28H,5-7,9,11-23H2. The Morgan fingerprint density at radius 3 is 1.87 bits per heavy atom. The van der Waals surface area contributed by atoms with Crippen molar-refractivity contribution in [3.63, 3.8) is 0 Å². The largest absolute Gasteiger partial charge is 0.396 e. The van der Waals surface area contributed by atoms with E-state index in [4.69, 9.17) is 14.6 Å². The number of aliphatic hydroxyl groups excluding tert-OH is 1. The molecule has 5 nitrogen and oxygen atoms in total. The molecule has 0 saturated carbocycles. The van der Waals surface area contributed by atoms with Gasteiger partial charge in [-0.25, -0.2) is 0 Å². The number of hydrogen-bond donors (Lipinski definition) is 2. The summed E-state index contributed by atoms with van der Waals surface area (Å²) in [6, 6.07) is 0. The molecule has 0 aromatic heterocycles. The highest BCUT2D eigenvalue weighted by Crippen LogP contribution is 2.16. The molecule has 0 aromatic carbocycles. The summed E-state index contributed by atoms with van der Waals surface area (Å²) in [4.78, 5) is 2.42. The van der Waals surface area contributed by atoms with Crippen molar-refractivity contribution in [3.05, 3.63) is 47.6 Å². The summed E-state index contributed by atoms with van der Waals surface area (Å²) in [5.41, 5.74) is 3.04. The molecule has 0 unspecified atom stereocenters. The van der Waals surface area contributed by atoms with Crippen LogP contribution in [0.15, 0.2) is 47.6 Å². The fourth-order valence-electron chi connectivity index (χ4n) is 3.65. The highest BCUT2D eigenvalue weighted by molar-refractivity contribution is 5.23. The molecule has 2 rings (SSSR count). The van der Waals surface area contributed by atoms with Crippen molar-refractivity contribution in [1.29, 1.82) is 0 Å². The van der Waals surface area contributed by atoms with Gasteiger partial charge in [0.2, 0.25) is 0 Å². The predicted octanol–water partition coefficient (Wildman–Crippen LogP) is 3.63. The van der Waals surface area contributed by atoms with Gasteiger partial charge in [-0.05, 0) is 51.5 Å². The van der Waals surface area contributed by atoms with Gasteiger partial charge >= 0.3 is 0 Å². The van der Waals surface area contributed by atoms with E-state index in [9.17, 15) is 0 Å². The highest BCUT2D eigenvalue weighted by Gasteiger charge is 2.06. The molecule has 2 N–H and O–H groups in total. The lowest BCUT2D eigenvalue weighted by atomic mass is 10.1. The minimum atomic E-state index is 0.248. The SMILES string of the molecule is OCCCNCCN(CCOCCCC1=CC=CC1)CCOCCCC1=CC=CC1. The fraction of sp³-hybridized carbons (Fsp3) is 0.680. The number of hydrogen-bond acceptors (Lipinski definition) is 5. The number of allylic oxidation sites excluding steroid dienone is 8. The second-order valence-corrected chi connectivity index (χ2v) is 8.02. The van der Waals surface area contributed by atoms with Gasteiger partial charge in [0.1, 0.15) is 0 Å². The van der Waals surface area contributed by atoms with E-state index in [1.54, 1.807) is 0 Å². The van der Waals surface area contributed by atoms with Crippen LogP contribution in [0.4, 0.5) is 0 Å². The zero-order valence-corrected chi connectivity index (χ0v) is 18.7. The van der Waals surface area contributed by atoms with E-state index in [1.807, 2.05) is 0 Å². The molecule has 2 aliphatic carbocycles. The van der Waals surface area contributed by atoms with E-state index in [-0.39, 0.29) is 6.61 Å². The smallest absolute Gasteiger partial charge is 0.0593 e.